The Bertz CT molecular complexity index is 315. The molecular formula is C16H32N2O3. The summed E-state index contributed by atoms with van der Waals surface area (Å²) in [5, 5.41) is 6.57. The van der Waals surface area contributed by atoms with Gasteiger partial charge in [0.25, 0.3) is 0 Å². The van der Waals surface area contributed by atoms with Crippen LogP contribution in [0.1, 0.15) is 53.4 Å². The fourth-order valence-electron chi connectivity index (χ4n) is 2.82. The number of amides is 1. The van der Waals surface area contributed by atoms with Crippen LogP contribution in [-0.2, 0) is 9.47 Å². The number of hydrogen-bond donors (Lipinski definition) is 2. The Labute approximate surface area is 129 Å². The molecule has 0 aromatic heterocycles. The summed E-state index contributed by atoms with van der Waals surface area (Å²) in [4.78, 5) is 11.7. The van der Waals surface area contributed by atoms with Gasteiger partial charge in [0.2, 0.25) is 0 Å². The van der Waals surface area contributed by atoms with Gasteiger partial charge in [-0.15, -0.1) is 0 Å². The SMILES string of the molecule is CCC(COC)NC1CCCC1CNC(=O)OC(C)(C)C. The van der Waals surface area contributed by atoms with E-state index >= 15 is 0 Å². The maximum atomic E-state index is 11.7. The van der Waals surface area contributed by atoms with Crippen molar-refractivity contribution in [3.63, 3.8) is 0 Å². The lowest BCUT2D eigenvalue weighted by molar-refractivity contribution is 0.0516. The van der Waals surface area contributed by atoms with Crippen LogP contribution in [-0.4, -0.2) is 44.0 Å². The Balaban J connectivity index is 2.38. The van der Waals surface area contributed by atoms with E-state index in [2.05, 4.69) is 17.6 Å². The smallest absolute Gasteiger partial charge is 0.407 e. The summed E-state index contributed by atoms with van der Waals surface area (Å²) in [5.74, 6) is 0.475. The summed E-state index contributed by atoms with van der Waals surface area (Å²) in [6, 6.07) is 0.849. The molecule has 124 valence electrons. The highest BCUT2D eigenvalue weighted by Crippen LogP contribution is 2.26. The van der Waals surface area contributed by atoms with E-state index < -0.39 is 5.60 Å². The van der Waals surface area contributed by atoms with Crippen molar-refractivity contribution in [1.29, 1.82) is 0 Å². The zero-order valence-electron chi connectivity index (χ0n) is 14.2. The molecule has 3 unspecified atom stereocenters. The van der Waals surface area contributed by atoms with Gasteiger partial charge in [-0.1, -0.05) is 13.3 Å². The Hall–Kier alpha value is -0.810. The minimum Gasteiger partial charge on any atom is -0.444 e. The van der Waals surface area contributed by atoms with Crippen molar-refractivity contribution in [3.8, 4) is 0 Å². The number of hydrogen-bond acceptors (Lipinski definition) is 4. The Morgan fingerprint density at radius 1 is 1.33 bits per heavy atom. The highest BCUT2D eigenvalue weighted by atomic mass is 16.6. The zero-order chi connectivity index (χ0) is 15.9. The second-order valence-electron chi connectivity index (χ2n) is 6.91. The van der Waals surface area contributed by atoms with Crippen LogP contribution in [0.15, 0.2) is 0 Å². The van der Waals surface area contributed by atoms with Crippen LogP contribution in [0.2, 0.25) is 0 Å². The van der Waals surface area contributed by atoms with Crippen LogP contribution in [0.5, 0.6) is 0 Å². The van der Waals surface area contributed by atoms with Crippen LogP contribution >= 0.6 is 0 Å². The van der Waals surface area contributed by atoms with Crippen molar-refractivity contribution >= 4 is 6.09 Å². The third-order valence-electron chi connectivity index (χ3n) is 3.88. The van der Waals surface area contributed by atoms with Crippen molar-refractivity contribution in [2.24, 2.45) is 5.92 Å². The van der Waals surface area contributed by atoms with Gasteiger partial charge < -0.3 is 20.1 Å². The van der Waals surface area contributed by atoms with Gasteiger partial charge in [0, 0.05) is 25.7 Å². The molecule has 0 aromatic carbocycles. The zero-order valence-corrected chi connectivity index (χ0v) is 14.2. The summed E-state index contributed by atoms with van der Waals surface area (Å²) in [7, 11) is 1.74. The number of ether oxygens (including phenoxy) is 2. The van der Waals surface area contributed by atoms with Gasteiger partial charge >= 0.3 is 6.09 Å². The summed E-state index contributed by atoms with van der Waals surface area (Å²) in [6.45, 7) is 9.21. The summed E-state index contributed by atoms with van der Waals surface area (Å²) in [5.41, 5.74) is -0.441. The van der Waals surface area contributed by atoms with Gasteiger partial charge in [0.1, 0.15) is 5.60 Å². The van der Waals surface area contributed by atoms with Gasteiger partial charge in [-0.05, 0) is 46.0 Å². The predicted octanol–water partition coefficient (Wildman–Crippen LogP) is 2.69. The first-order chi connectivity index (χ1) is 9.85. The molecule has 3 atom stereocenters. The molecule has 5 nitrogen and oxygen atoms in total. The maximum Gasteiger partial charge on any atom is 0.407 e. The molecule has 0 aliphatic heterocycles. The maximum absolute atomic E-state index is 11.7. The van der Waals surface area contributed by atoms with Crippen molar-refractivity contribution < 1.29 is 14.3 Å². The van der Waals surface area contributed by atoms with E-state index in [-0.39, 0.29) is 6.09 Å². The van der Waals surface area contributed by atoms with Crippen molar-refractivity contribution in [1.82, 2.24) is 10.6 Å². The van der Waals surface area contributed by atoms with Gasteiger partial charge in [-0.3, -0.25) is 0 Å². The van der Waals surface area contributed by atoms with Crippen LogP contribution in [0.4, 0.5) is 4.79 Å². The molecule has 0 aromatic rings. The lowest BCUT2D eigenvalue weighted by atomic mass is 10.0. The first-order valence-corrected chi connectivity index (χ1v) is 8.07. The first-order valence-electron chi connectivity index (χ1n) is 8.07. The largest absolute Gasteiger partial charge is 0.444 e. The Kier molecular flexibility index (Phi) is 7.46. The molecule has 5 heteroatoms. The standard InChI is InChI=1S/C16H32N2O3/c1-6-13(11-20-5)18-14-9-7-8-12(14)10-17-15(19)21-16(2,3)4/h12-14,18H,6-11H2,1-5H3,(H,17,19). The fraction of sp³-hybridized carbons (Fsp3) is 0.938. The molecule has 0 saturated heterocycles. The van der Waals surface area contributed by atoms with Crippen LogP contribution in [0.25, 0.3) is 0 Å². The molecule has 1 saturated carbocycles. The van der Waals surface area contributed by atoms with E-state index in [4.69, 9.17) is 9.47 Å². The second kappa shape index (κ2) is 8.59. The fourth-order valence-corrected chi connectivity index (χ4v) is 2.82. The highest BCUT2D eigenvalue weighted by molar-refractivity contribution is 5.67. The Morgan fingerprint density at radius 2 is 2.05 bits per heavy atom. The number of carbonyl (C=O) groups excluding carboxylic acids is 1. The summed E-state index contributed by atoms with van der Waals surface area (Å²) in [6.07, 6.45) is 4.26. The van der Waals surface area contributed by atoms with E-state index in [1.54, 1.807) is 7.11 Å². The molecule has 21 heavy (non-hydrogen) atoms. The van der Waals surface area contributed by atoms with E-state index in [0.717, 1.165) is 19.4 Å². The van der Waals surface area contributed by atoms with Gasteiger partial charge in [-0.25, -0.2) is 4.79 Å². The number of carbonyl (C=O) groups is 1. The average molecular weight is 300 g/mol. The molecule has 0 radical (unpaired) electrons. The lowest BCUT2D eigenvalue weighted by Crippen LogP contribution is -2.45. The molecule has 0 heterocycles. The monoisotopic (exact) mass is 300 g/mol. The third-order valence-corrected chi connectivity index (χ3v) is 3.88. The minimum atomic E-state index is -0.441. The van der Waals surface area contributed by atoms with Crippen LogP contribution in [0, 0.1) is 5.92 Å². The molecule has 1 aliphatic carbocycles. The topological polar surface area (TPSA) is 59.6 Å². The number of nitrogens with one attached hydrogen (secondary N) is 2. The molecule has 0 spiro atoms. The number of alkyl carbamates (subject to hydrolysis) is 1. The van der Waals surface area contributed by atoms with Gasteiger partial charge in [0.05, 0.1) is 6.61 Å². The van der Waals surface area contributed by atoms with E-state index in [1.807, 2.05) is 20.8 Å². The molecule has 0 bridgehead atoms. The Morgan fingerprint density at radius 3 is 2.62 bits per heavy atom. The van der Waals surface area contributed by atoms with E-state index in [0.29, 0.717) is 24.5 Å². The normalized spacial score (nSPS) is 23.9. The van der Waals surface area contributed by atoms with Crippen molar-refractivity contribution in [2.45, 2.75) is 71.1 Å². The van der Waals surface area contributed by atoms with Gasteiger partial charge in [0.15, 0.2) is 0 Å². The molecule has 1 aliphatic rings. The number of rotatable bonds is 7. The quantitative estimate of drug-likeness (QED) is 0.759. The molecular weight excluding hydrogens is 268 g/mol. The van der Waals surface area contributed by atoms with Gasteiger partial charge in [-0.2, -0.15) is 0 Å². The van der Waals surface area contributed by atoms with Crippen LogP contribution < -0.4 is 10.6 Å². The lowest BCUT2D eigenvalue weighted by Gasteiger charge is -2.27. The predicted molar refractivity (Wildman–Crippen MR) is 84.5 cm³/mol. The molecule has 1 rings (SSSR count). The van der Waals surface area contributed by atoms with Crippen LogP contribution in [0.3, 0.4) is 0 Å². The van der Waals surface area contributed by atoms with E-state index in [9.17, 15) is 4.79 Å². The first kappa shape index (κ1) is 18.2. The summed E-state index contributed by atoms with van der Waals surface area (Å²) < 4.78 is 10.5. The molecule has 1 fully saturated rings. The van der Waals surface area contributed by atoms with E-state index in [1.165, 1.54) is 12.8 Å². The van der Waals surface area contributed by atoms with Crippen molar-refractivity contribution in [2.75, 3.05) is 20.3 Å². The van der Waals surface area contributed by atoms with Crippen molar-refractivity contribution in [3.05, 3.63) is 0 Å². The average Bonchev–Trinajstić information content (AvgIpc) is 2.81. The summed E-state index contributed by atoms with van der Waals surface area (Å²) >= 11 is 0. The molecule has 2 N–H and O–H groups in total. The highest BCUT2D eigenvalue weighted by Gasteiger charge is 2.29. The molecule has 1 amide bonds. The number of methoxy groups -OCH3 is 1. The minimum absolute atomic E-state index is 0.322. The third kappa shape index (κ3) is 7.14. The second-order valence-corrected chi connectivity index (χ2v) is 6.91.